The Kier molecular flexibility index (Phi) is 8.29. The van der Waals surface area contributed by atoms with Crippen molar-refractivity contribution < 1.29 is 23.8 Å². The highest BCUT2D eigenvalue weighted by Crippen LogP contribution is 2.37. The summed E-state index contributed by atoms with van der Waals surface area (Å²) in [4.78, 5) is 29.8. The summed E-state index contributed by atoms with van der Waals surface area (Å²) in [5.74, 6) is -1.10. The number of halogens is 1. The number of carbonyl (C=O) groups excluding carboxylic acids is 1. The van der Waals surface area contributed by atoms with E-state index in [1.165, 1.54) is 6.07 Å². The summed E-state index contributed by atoms with van der Waals surface area (Å²) >= 11 is 0. The zero-order valence-electron chi connectivity index (χ0n) is 21.5. The van der Waals surface area contributed by atoms with E-state index in [0.717, 1.165) is 49.0 Å². The van der Waals surface area contributed by atoms with Gasteiger partial charge in [0.05, 0.1) is 19.1 Å². The first-order chi connectivity index (χ1) is 17.3. The summed E-state index contributed by atoms with van der Waals surface area (Å²) in [6.45, 7) is 7.53. The Bertz CT molecular complexity index is 1100. The van der Waals surface area contributed by atoms with Crippen molar-refractivity contribution >= 4 is 17.6 Å². The number of likely N-dealkylation sites (tertiary alicyclic amines) is 1. The third-order valence-corrected chi connectivity index (χ3v) is 7.51. The molecular weight excluding hydrogens is 459 g/mol. The van der Waals surface area contributed by atoms with Crippen LogP contribution in [0.5, 0.6) is 5.75 Å². The monoisotopic (exact) mass is 496 g/mol. The van der Waals surface area contributed by atoms with Gasteiger partial charge in [-0.1, -0.05) is 38.8 Å². The highest BCUT2D eigenvalue weighted by atomic mass is 19.1. The van der Waals surface area contributed by atoms with Gasteiger partial charge < -0.3 is 14.7 Å². The summed E-state index contributed by atoms with van der Waals surface area (Å²) in [5, 5.41) is 9.98. The lowest BCUT2D eigenvalue weighted by atomic mass is 9.88. The number of hydrogen-bond donors (Lipinski definition) is 1. The van der Waals surface area contributed by atoms with E-state index >= 15 is 0 Å². The first-order valence-electron chi connectivity index (χ1n) is 13.1. The average molecular weight is 497 g/mol. The van der Waals surface area contributed by atoms with Gasteiger partial charge in [0.1, 0.15) is 11.6 Å². The van der Waals surface area contributed by atoms with Crippen LogP contribution >= 0.6 is 0 Å². The summed E-state index contributed by atoms with van der Waals surface area (Å²) in [6, 6.07) is 10.8. The summed E-state index contributed by atoms with van der Waals surface area (Å²) in [5.41, 5.74) is 3.31. The molecule has 2 aliphatic rings. The minimum atomic E-state index is -0.840. The average Bonchev–Trinajstić information content (AvgIpc) is 3.48. The molecule has 36 heavy (non-hydrogen) atoms. The van der Waals surface area contributed by atoms with E-state index in [0.29, 0.717) is 30.9 Å². The van der Waals surface area contributed by atoms with Crippen LogP contribution in [-0.4, -0.2) is 54.2 Å². The Morgan fingerprint density at radius 3 is 2.56 bits per heavy atom. The molecule has 2 aromatic rings. The number of benzene rings is 2. The molecule has 0 aliphatic carbocycles. The molecule has 1 amide bonds. The number of aliphatic carboxylic acids is 1. The van der Waals surface area contributed by atoms with Crippen LogP contribution in [-0.2, 0) is 16.0 Å². The molecule has 2 heterocycles. The van der Waals surface area contributed by atoms with Crippen molar-refractivity contribution in [3.05, 3.63) is 58.9 Å². The fourth-order valence-corrected chi connectivity index (χ4v) is 5.71. The third kappa shape index (κ3) is 5.56. The van der Waals surface area contributed by atoms with E-state index in [9.17, 15) is 19.1 Å². The number of anilines is 1. The maximum absolute atomic E-state index is 14.0. The fraction of sp³-hybridized carbons (Fsp3) is 0.517. The number of fused-ring (bicyclic) bond motifs is 1. The molecule has 0 radical (unpaired) electrons. The minimum Gasteiger partial charge on any atom is -0.493 e. The quantitative estimate of drug-likeness (QED) is 0.491. The smallest absolute Gasteiger partial charge is 0.308 e. The second-order valence-corrected chi connectivity index (χ2v) is 10.1. The summed E-state index contributed by atoms with van der Waals surface area (Å²) in [6.07, 6.45) is 4.41. The second kappa shape index (κ2) is 11.4. The van der Waals surface area contributed by atoms with E-state index in [-0.39, 0.29) is 30.2 Å². The van der Waals surface area contributed by atoms with Crippen molar-refractivity contribution in [1.82, 2.24) is 4.90 Å². The second-order valence-electron chi connectivity index (χ2n) is 10.1. The van der Waals surface area contributed by atoms with E-state index < -0.39 is 11.9 Å². The van der Waals surface area contributed by atoms with Crippen LogP contribution in [0.3, 0.4) is 0 Å². The van der Waals surface area contributed by atoms with Gasteiger partial charge >= 0.3 is 5.97 Å². The van der Waals surface area contributed by atoms with E-state index in [1.54, 1.807) is 19.1 Å². The van der Waals surface area contributed by atoms with Crippen LogP contribution in [0.1, 0.15) is 62.1 Å². The van der Waals surface area contributed by atoms with Gasteiger partial charge in [-0.05, 0) is 60.7 Å². The van der Waals surface area contributed by atoms with Gasteiger partial charge in [-0.15, -0.1) is 0 Å². The number of amides is 1. The molecule has 7 heteroatoms. The van der Waals surface area contributed by atoms with Crippen molar-refractivity contribution in [3.63, 3.8) is 0 Å². The van der Waals surface area contributed by atoms with Crippen molar-refractivity contribution in [2.45, 2.75) is 64.8 Å². The zero-order valence-corrected chi connectivity index (χ0v) is 21.5. The molecule has 1 fully saturated rings. The van der Waals surface area contributed by atoms with Gasteiger partial charge in [-0.3, -0.25) is 14.5 Å². The number of hydrogen-bond acceptors (Lipinski definition) is 4. The van der Waals surface area contributed by atoms with Crippen LogP contribution in [0.4, 0.5) is 10.1 Å². The molecular formula is C29H37FN2O4. The molecule has 1 saturated heterocycles. The first-order valence-corrected chi connectivity index (χ1v) is 13.1. The zero-order chi connectivity index (χ0) is 25.8. The van der Waals surface area contributed by atoms with E-state index in [1.807, 2.05) is 21.9 Å². The number of rotatable bonds is 10. The van der Waals surface area contributed by atoms with Gasteiger partial charge in [0, 0.05) is 37.2 Å². The minimum absolute atomic E-state index is 0.0164. The lowest BCUT2D eigenvalue weighted by Gasteiger charge is -2.33. The molecule has 1 N–H and O–H groups in total. The van der Waals surface area contributed by atoms with Crippen LogP contribution in [0.15, 0.2) is 36.4 Å². The molecule has 194 valence electrons. The molecule has 2 atom stereocenters. The van der Waals surface area contributed by atoms with Gasteiger partial charge in [-0.2, -0.15) is 0 Å². The van der Waals surface area contributed by atoms with Gasteiger partial charge in [0.2, 0.25) is 5.91 Å². The predicted molar refractivity (Wildman–Crippen MR) is 138 cm³/mol. The normalized spacial score (nSPS) is 19.4. The number of carboxylic acids is 1. The molecule has 2 unspecified atom stereocenters. The number of carbonyl (C=O) groups is 2. The van der Waals surface area contributed by atoms with E-state index in [4.69, 9.17) is 4.74 Å². The van der Waals surface area contributed by atoms with Crippen molar-refractivity contribution in [2.24, 2.45) is 5.92 Å². The maximum atomic E-state index is 14.0. The van der Waals surface area contributed by atoms with Gasteiger partial charge in [0.15, 0.2) is 0 Å². The van der Waals surface area contributed by atoms with Crippen LogP contribution in [0, 0.1) is 18.7 Å². The first kappa shape index (κ1) is 26.1. The van der Waals surface area contributed by atoms with Gasteiger partial charge in [0.25, 0.3) is 0 Å². The molecule has 4 rings (SSSR count). The number of nitrogens with zero attached hydrogens (tertiary/aromatic N) is 2. The van der Waals surface area contributed by atoms with Crippen LogP contribution < -0.4 is 9.64 Å². The molecule has 2 aliphatic heterocycles. The van der Waals surface area contributed by atoms with Crippen molar-refractivity contribution in [1.29, 1.82) is 0 Å². The lowest BCUT2D eigenvalue weighted by molar-refractivity contribution is -0.141. The predicted octanol–water partition coefficient (Wildman–Crippen LogP) is 5.17. The third-order valence-electron chi connectivity index (χ3n) is 7.51. The highest BCUT2D eigenvalue weighted by Gasteiger charge is 2.40. The Hall–Kier alpha value is -2.93. The van der Waals surface area contributed by atoms with Crippen LogP contribution in [0.25, 0.3) is 0 Å². The highest BCUT2D eigenvalue weighted by molar-refractivity contribution is 5.95. The maximum Gasteiger partial charge on any atom is 0.308 e. The SMILES string of the molecule is CCCC(CCC)N(C(=O)CN1CC(C(=O)O)C(c2ccc3c(c2)CCO3)C1)c1ccc(F)c(C)c1. The Balaban J connectivity index is 1.57. The molecule has 0 saturated carbocycles. The summed E-state index contributed by atoms with van der Waals surface area (Å²) < 4.78 is 19.6. The molecule has 0 spiro atoms. The van der Waals surface area contributed by atoms with E-state index in [2.05, 4.69) is 19.9 Å². The van der Waals surface area contributed by atoms with Crippen LogP contribution in [0.2, 0.25) is 0 Å². The Morgan fingerprint density at radius 2 is 1.89 bits per heavy atom. The number of carboxylic acid groups (broad SMARTS) is 1. The molecule has 6 nitrogen and oxygen atoms in total. The summed E-state index contributed by atoms with van der Waals surface area (Å²) in [7, 11) is 0. The molecule has 0 bridgehead atoms. The largest absolute Gasteiger partial charge is 0.493 e. The Labute approximate surface area is 213 Å². The molecule has 0 aromatic heterocycles. The molecule has 2 aromatic carbocycles. The number of aryl methyl sites for hydroxylation is 1. The topological polar surface area (TPSA) is 70.1 Å². The number of ether oxygens (including phenoxy) is 1. The lowest BCUT2D eigenvalue weighted by Crippen LogP contribution is -2.46. The van der Waals surface area contributed by atoms with Crippen molar-refractivity contribution in [3.8, 4) is 5.75 Å². The standard InChI is InChI=1S/C29H37FN2O4/c1-4-6-22(7-5-2)32(23-9-10-26(30)19(3)14-23)28(33)18-31-16-24(25(17-31)29(34)35)20-8-11-27-21(15-20)12-13-36-27/h8-11,14-15,22,24-25H,4-7,12-13,16-18H2,1-3H3,(H,34,35). The van der Waals surface area contributed by atoms with Crippen molar-refractivity contribution in [2.75, 3.05) is 31.1 Å². The fourth-order valence-electron chi connectivity index (χ4n) is 5.71. The van der Waals surface area contributed by atoms with Gasteiger partial charge in [-0.25, -0.2) is 4.39 Å². The Morgan fingerprint density at radius 1 is 1.14 bits per heavy atom.